The predicted octanol–water partition coefficient (Wildman–Crippen LogP) is 3.17. The molecule has 24 heavy (non-hydrogen) atoms. The first-order valence-corrected chi connectivity index (χ1v) is 7.38. The monoisotopic (exact) mass is 333 g/mol. The van der Waals surface area contributed by atoms with Gasteiger partial charge in [0.1, 0.15) is 23.7 Å². The van der Waals surface area contributed by atoms with E-state index in [1.807, 2.05) is 0 Å². The largest absolute Gasteiger partial charge is 0.356 e. The summed E-state index contributed by atoms with van der Waals surface area (Å²) in [6.07, 6.45) is -0.337. The van der Waals surface area contributed by atoms with E-state index in [4.69, 9.17) is 0 Å². The fourth-order valence-electron chi connectivity index (χ4n) is 2.05. The molecule has 0 bridgehead atoms. The lowest BCUT2D eigenvalue weighted by molar-refractivity contribution is -0.126. The molecule has 0 fully saturated rings. The molecule has 0 saturated heterocycles. The topological polar surface area (TPSA) is 70.2 Å². The van der Waals surface area contributed by atoms with Crippen molar-refractivity contribution in [1.82, 2.24) is 5.32 Å². The Morgan fingerprint density at radius 3 is 2.17 bits per heavy atom. The predicted molar refractivity (Wildman–Crippen MR) is 88.0 cm³/mol. The number of benzene rings is 2. The van der Waals surface area contributed by atoms with Gasteiger partial charge in [-0.1, -0.05) is 18.2 Å². The van der Waals surface area contributed by atoms with Crippen molar-refractivity contribution in [2.45, 2.75) is 13.3 Å². The molecular formula is C17H17F2N3O2. The molecule has 126 valence electrons. The van der Waals surface area contributed by atoms with Gasteiger partial charge in [0.05, 0.1) is 11.4 Å². The summed E-state index contributed by atoms with van der Waals surface area (Å²) in [5, 5.41) is 7.70. The number of hydrogen-bond acceptors (Lipinski definition) is 3. The van der Waals surface area contributed by atoms with Crippen molar-refractivity contribution >= 4 is 28.9 Å². The molecule has 0 saturated carbocycles. The Balaban J connectivity index is 2.16. The van der Waals surface area contributed by atoms with Crippen molar-refractivity contribution in [1.29, 1.82) is 0 Å². The first-order valence-electron chi connectivity index (χ1n) is 7.38. The van der Waals surface area contributed by atoms with Crippen molar-refractivity contribution < 1.29 is 18.4 Å². The Morgan fingerprint density at radius 2 is 1.54 bits per heavy atom. The molecule has 0 atom stereocenters. The molecule has 2 amide bonds. The fraction of sp³-hybridized carbons (Fsp3) is 0.176. The molecule has 0 spiro atoms. The molecule has 0 heterocycles. The second-order valence-corrected chi connectivity index (χ2v) is 4.95. The second kappa shape index (κ2) is 8.05. The molecule has 2 aromatic carbocycles. The summed E-state index contributed by atoms with van der Waals surface area (Å²) in [5.41, 5.74) is 0.308. The zero-order valence-electron chi connectivity index (χ0n) is 13.0. The van der Waals surface area contributed by atoms with E-state index in [1.165, 1.54) is 6.07 Å². The van der Waals surface area contributed by atoms with Crippen LogP contribution in [0, 0.1) is 11.6 Å². The van der Waals surface area contributed by atoms with Gasteiger partial charge in [-0.05, 0) is 31.2 Å². The van der Waals surface area contributed by atoms with E-state index in [0.29, 0.717) is 17.9 Å². The molecule has 2 rings (SSSR count). The van der Waals surface area contributed by atoms with E-state index in [2.05, 4.69) is 16.0 Å². The minimum absolute atomic E-state index is 0.311. The number of nitrogens with one attached hydrogen (secondary N) is 3. The van der Waals surface area contributed by atoms with Crippen LogP contribution in [0.15, 0.2) is 42.5 Å². The summed E-state index contributed by atoms with van der Waals surface area (Å²) in [7, 11) is 0. The third kappa shape index (κ3) is 4.52. The molecule has 7 heteroatoms. The highest BCUT2D eigenvalue weighted by Gasteiger charge is 2.13. The van der Waals surface area contributed by atoms with Crippen LogP contribution in [0.5, 0.6) is 0 Å². The van der Waals surface area contributed by atoms with Crippen LogP contribution in [0.2, 0.25) is 0 Å². The molecule has 0 aromatic heterocycles. The van der Waals surface area contributed by atoms with Crippen molar-refractivity contribution in [2.24, 2.45) is 0 Å². The quantitative estimate of drug-likeness (QED) is 0.711. The van der Waals surface area contributed by atoms with Crippen LogP contribution >= 0.6 is 0 Å². The smallest absolute Gasteiger partial charge is 0.233 e. The third-order valence-corrected chi connectivity index (χ3v) is 3.12. The van der Waals surface area contributed by atoms with E-state index in [9.17, 15) is 18.4 Å². The average molecular weight is 333 g/mol. The number of carbonyl (C=O) groups excluding carboxylic acids is 2. The summed E-state index contributed by atoms with van der Waals surface area (Å²) >= 11 is 0. The van der Waals surface area contributed by atoms with E-state index < -0.39 is 23.4 Å². The van der Waals surface area contributed by atoms with Crippen molar-refractivity contribution in [2.75, 3.05) is 17.2 Å². The zero-order valence-corrected chi connectivity index (χ0v) is 13.0. The molecular weight excluding hydrogens is 316 g/mol. The maximum atomic E-state index is 13.7. The Labute approximate surface area is 138 Å². The van der Waals surface area contributed by atoms with Gasteiger partial charge in [-0.2, -0.15) is 0 Å². The highest BCUT2D eigenvalue weighted by atomic mass is 19.1. The molecule has 0 radical (unpaired) electrons. The normalized spacial score (nSPS) is 10.1. The van der Waals surface area contributed by atoms with E-state index in [0.717, 1.165) is 12.1 Å². The van der Waals surface area contributed by atoms with Crippen molar-refractivity contribution in [3.8, 4) is 0 Å². The number of hydrogen-bond donors (Lipinski definition) is 3. The van der Waals surface area contributed by atoms with Crippen LogP contribution in [-0.4, -0.2) is 18.4 Å². The van der Waals surface area contributed by atoms with E-state index in [-0.39, 0.29) is 12.1 Å². The van der Waals surface area contributed by atoms with Gasteiger partial charge in [0.2, 0.25) is 11.8 Å². The van der Waals surface area contributed by atoms with Crippen LogP contribution in [-0.2, 0) is 9.59 Å². The van der Waals surface area contributed by atoms with Crippen LogP contribution < -0.4 is 16.0 Å². The lowest BCUT2D eigenvalue weighted by Crippen LogP contribution is -2.27. The van der Waals surface area contributed by atoms with Gasteiger partial charge in [0.25, 0.3) is 0 Å². The summed E-state index contributed by atoms with van der Waals surface area (Å²) in [4.78, 5) is 23.3. The Hall–Kier alpha value is -2.96. The molecule has 0 aliphatic heterocycles. The summed E-state index contributed by atoms with van der Waals surface area (Å²) in [6, 6.07) is 9.95. The number of halogens is 2. The zero-order chi connectivity index (χ0) is 17.5. The minimum Gasteiger partial charge on any atom is -0.356 e. The molecule has 3 N–H and O–H groups in total. The third-order valence-electron chi connectivity index (χ3n) is 3.12. The molecule has 2 aromatic rings. The van der Waals surface area contributed by atoms with Crippen LogP contribution in [0.4, 0.5) is 25.8 Å². The SMILES string of the molecule is CCNC(=O)CC(=O)Nc1ccccc1Nc1c(F)cccc1F. The summed E-state index contributed by atoms with van der Waals surface area (Å²) in [5.74, 6) is -2.43. The maximum Gasteiger partial charge on any atom is 0.233 e. The van der Waals surface area contributed by atoms with Gasteiger partial charge in [-0.25, -0.2) is 8.78 Å². The number of para-hydroxylation sites is 3. The van der Waals surface area contributed by atoms with E-state index in [1.54, 1.807) is 31.2 Å². The highest BCUT2D eigenvalue weighted by Crippen LogP contribution is 2.28. The second-order valence-electron chi connectivity index (χ2n) is 4.95. The number of carbonyl (C=O) groups is 2. The first-order chi connectivity index (χ1) is 11.5. The number of amides is 2. The first kappa shape index (κ1) is 17.4. The van der Waals surface area contributed by atoms with Crippen LogP contribution in [0.1, 0.15) is 13.3 Å². The Kier molecular flexibility index (Phi) is 5.83. The van der Waals surface area contributed by atoms with Crippen LogP contribution in [0.3, 0.4) is 0 Å². The van der Waals surface area contributed by atoms with Gasteiger partial charge in [0.15, 0.2) is 0 Å². The lowest BCUT2D eigenvalue weighted by atomic mass is 10.2. The fourth-order valence-corrected chi connectivity index (χ4v) is 2.05. The van der Waals surface area contributed by atoms with Crippen LogP contribution in [0.25, 0.3) is 0 Å². The highest BCUT2D eigenvalue weighted by molar-refractivity contribution is 6.05. The summed E-state index contributed by atoms with van der Waals surface area (Å²) in [6.45, 7) is 2.18. The lowest BCUT2D eigenvalue weighted by Gasteiger charge is -2.14. The van der Waals surface area contributed by atoms with Crippen molar-refractivity contribution in [3.05, 3.63) is 54.1 Å². The minimum atomic E-state index is -0.751. The number of rotatable bonds is 6. The number of anilines is 3. The molecule has 0 aliphatic rings. The molecule has 0 unspecified atom stereocenters. The van der Waals surface area contributed by atoms with Gasteiger partial charge >= 0.3 is 0 Å². The summed E-state index contributed by atoms with van der Waals surface area (Å²) < 4.78 is 27.5. The van der Waals surface area contributed by atoms with E-state index >= 15 is 0 Å². The van der Waals surface area contributed by atoms with Gasteiger partial charge in [-0.15, -0.1) is 0 Å². The van der Waals surface area contributed by atoms with Gasteiger partial charge in [-0.3, -0.25) is 9.59 Å². The Morgan fingerprint density at radius 1 is 0.917 bits per heavy atom. The van der Waals surface area contributed by atoms with Crippen molar-refractivity contribution in [3.63, 3.8) is 0 Å². The Bertz CT molecular complexity index is 730. The average Bonchev–Trinajstić information content (AvgIpc) is 2.52. The maximum absolute atomic E-state index is 13.7. The van der Waals surface area contributed by atoms with Gasteiger partial charge in [0, 0.05) is 6.54 Å². The van der Waals surface area contributed by atoms with Gasteiger partial charge < -0.3 is 16.0 Å². The molecule has 5 nitrogen and oxygen atoms in total. The molecule has 0 aliphatic carbocycles. The standard InChI is InChI=1S/C17H17F2N3O2/c1-2-20-15(23)10-16(24)21-13-8-3-4-9-14(13)22-17-11(18)6-5-7-12(17)19/h3-9,22H,2,10H2,1H3,(H,20,23)(H,21,24).